The van der Waals surface area contributed by atoms with Crippen LogP contribution in [0, 0.1) is 6.92 Å². The molecule has 0 bridgehead atoms. The molecule has 2 aromatic carbocycles. The SMILES string of the molecule is CCOc1ccc(C(=O)NC(C)c2ccc(C(C)(C)C)cc2)cc1C. The molecule has 0 aromatic heterocycles. The third kappa shape index (κ3) is 4.85. The van der Waals surface area contributed by atoms with Gasteiger partial charge >= 0.3 is 0 Å². The van der Waals surface area contributed by atoms with E-state index in [4.69, 9.17) is 4.74 Å². The van der Waals surface area contributed by atoms with Crippen molar-refractivity contribution in [3.8, 4) is 5.75 Å². The smallest absolute Gasteiger partial charge is 0.251 e. The summed E-state index contributed by atoms with van der Waals surface area (Å²) in [6.07, 6.45) is 0. The second-order valence-electron chi connectivity index (χ2n) is 7.48. The molecule has 3 heteroatoms. The minimum atomic E-state index is -0.0708. The minimum Gasteiger partial charge on any atom is -0.494 e. The predicted octanol–water partition coefficient (Wildman–Crippen LogP) is 5.18. The van der Waals surface area contributed by atoms with Gasteiger partial charge in [-0.2, -0.15) is 0 Å². The summed E-state index contributed by atoms with van der Waals surface area (Å²) in [6, 6.07) is 13.9. The van der Waals surface area contributed by atoms with E-state index < -0.39 is 0 Å². The highest BCUT2D eigenvalue weighted by molar-refractivity contribution is 5.94. The van der Waals surface area contributed by atoms with E-state index in [-0.39, 0.29) is 17.4 Å². The first-order chi connectivity index (χ1) is 11.7. The number of aryl methyl sites for hydroxylation is 1. The van der Waals surface area contributed by atoms with E-state index in [2.05, 4.69) is 50.4 Å². The summed E-state index contributed by atoms with van der Waals surface area (Å²) in [6.45, 7) is 13.1. The van der Waals surface area contributed by atoms with Crippen molar-refractivity contribution in [3.05, 3.63) is 64.7 Å². The largest absolute Gasteiger partial charge is 0.494 e. The van der Waals surface area contributed by atoms with Crippen LogP contribution in [0.15, 0.2) is 42.5 Å². The van der Waals surface area contributed by atoms with Gasteiger partial charge in [0.15, 0.2) is 0 Å². The number of ether oxygens (including phenoxy) is 1. The fourth-order valence-electron chi connectivity index (χ4n) is 2.74. The van der Waals surface area contributed by atoms with E-state index >= 15 is 0 Å². The van der Waals surface area contributed by atoms with Gasteiger partial charge in [0.2, 0.25) is 0 Å². The van der Waals surface area contributed by atoms with Crippen LogP contribution < -0.4 is 10.1 Å². The van der Waals surface area contributed by atoms with E-state index in [1.807, 2.05) is 39.0 Å². The molecular formula is C22H29NO2. The van der Waals surface area contributed by atoms with Crippen LogP contribution in [0.5, 0.6) is 5.75 Å². The van der Waals surface area contributed by atoms with Gasteiger partial charge in [0.25, 0.3) is 5.91 Å². The van der Waals surface area contributed by atoms with E-state index in [0.717, 1.165) is 16.9 Å². The van der Waals surface area contributed by atoms with Crippen LogP contribution in [0.4, 0.5) is 0 Å². The predicted molar refractivity (Wildman–Crippen MR) is 103 cm³/mol. The van der Waals surface area contributed by atoms with Gasteiger partial charge in [-0.05, 0) is 61.1 Å². The molecule has 2 aromatic rings. The molecule has 0 aliphatic heterocycles. The Labute approximate surface area is 151 Å². The maximum absolute atomic E-state index is 12.5. The summed E-state index contributed by atoms with van der Waals surface area (Å²) in [5, 5.41) is 3.07. The van der Waals surface area contributed by atoms with Crippen LogP contribution in [0.3, 0.4) is 0 Å². The maximum atomic E-state index is 12.5. The quantitative estimate of drug-likeness (QED) is 0.815. The lowest BCUT2D eigenvalue weighted by Crippen LogP contribution is -2.26. The molecule has 0 aliphatic rings. The third-order valence-corrected chi connectivity index (χ3v) is 4.36. The number of benzene rings is 2. The Morgan fingerprint density at radius 3 is 2.28 bits per heavy atom. The van der Waals surface area contributed by atoms with Gasteiger partial charge in [0.05, 0.1) is 12.6 Å². The average molecular weight is 339 g/mol. The summed E-state index contributed by atoms with van der Waals surface area (Å²) < 4.78 is 5.53. The molecule has 0 aliphatic carbocycles. The van der Waals surface area contributed by atoms with Crippen LogP contribution in [0.1, 0.15) is 67.7 Å². The van der Waals surface area contributed by atoms with E-state index in [1.165, 1.54) is 5.56 Å². The topological polar surface area (TPSA) is 38.3 Å². The molecule has 0 saturated carbocycles. The standard InChI is InChI=1S/C22H29NO2/c1-7-25-20-13-10-18(14-15(20)2)21(24)23-16(3)17-8-11-19(12-9-17)22(4,5)6/h8-14,16H,7H2,1-6H3,(H,23,24). The maximum Gasteiger partial charge on any atom is 0.251 e. The number of hydrogen-bond donors (Lipinski definition) is 1. The molecule has 0 fully saturated rings. The van der Waals surface area contributed by atoms with Crippen molar-refractivity contribution in [2.45, 2.75) is 53.0 Å². The van der Waals surface area contributed by atoms with Crippen molar-refractivity contribution in [2.75, 3.05) is 6.61 Å². The molecule has 0 heterocycles. The van der Waals surface area contributed by atoms with Crippen LogP contribution >= 0.6 is 0 Å². The van der Waals surface area contributed by atoms with Gasteiger partial charge < -0.3 is 10.1 Å². The number of rotatable bonds is 5. The Bertz CT molecular complexity index is 727. The number of nitrogens with one attached hydrogen (secondary N) is 1. The second-order valence-corrected chi connectivity index (χ2v) is 7.48. The summed E-state index contributed by atoms with van der Waals surface area (Å²) in [4.78, 5) is 12.5. The third-order valence-electron chi connectivity index (χ3n) is 4.36. The summed E-state index contributed by atoms with van der Waals surface area (Å²) in [7, 11) is 0. The molecule has 1 atom stereocenters. The minimum absolute atomic E-state index is 0.0478. The van der Waals surface area contributed by atoms with Crippen LogP contribution in [-0.4, -0.2) is 12.5 Å². The normalized spacial score (nSPS) is 12.6. The van der Waals surface area contributed by atoms with Crippen molar-refractivity contribution in [1.29, 1.82) is 0 Å². The van der Waals surface area contributed by atoms with Gasteiger partial charge in [-0.15, -0.1) is 0 Å². The number of carbonyl (C=O) groups is 1. The lowest BCUT2D eigenvalue weighted by molar-refractivity contribution is 0.0939. The lowest BCUT2D eigenvalue weighted by atomic mass is 9.86. The first kappa shape index (κ1) is 19.0. The highest BCUT2D eigenvalue weighted by atomic mass is 16.5. The zero-order valence-corrected chi connectivity index (χ0v) is 16.1. The fourth-order valence-corrected chi connectivity index (χ4v) is 2.74. The molecule has 1 N–H and O–H groups in total. The summed E-state index contributed by atoms with van der Waals surface area (Å²) >= 11 is 0. The van der Waals surface area contributed by atoms with E-state index in [9.17, 15) is 4.79 Å². The van der Waals surface area contributed by atoms with Gasteiger partial charge in [-0.25, -0.2) is 0 Å². The zero-order valence-electron chi connectivity index (χ0n) is 16.1. The van der Waals surface area contributed by atoms with Crippen molar-refractivity contribution in [1.82, 2.24) is 5.32 Å². The molecule has 25 heavy (non-hydrogen) atoms. The average Bonchev–Trinajstić information content (AvgIpc) is 2.56. The van der Waals surface area contributed by atoms with Crippen LogP contribution in [0.25, 0.3) is 0 Å². The van der Waals surface area contributed by atoms with Crippen molar-refractivity contribution in [2.24, 2.45) is 0 Å². The van der Waals surface area contributed by atoms with Gasteiger partial charge in [-0.3, -0.25) is 4.79 Å². The Hall–Kier alpha value is -2.29. The number of hydrogen-bond acceptors (Lipinski definition) is 2. The molecule has 0 saturated heterocycles. The lowest BCUT2D eigenvalue weighted by Gasteiger charge is -2.21. The van der Waals surface area contributed by atoms with Gasteiger partial charge in [-0.1, -0.05) is 45.0 Å². The first-order valence-corrected chi connectivity index (χ1v) is 8.87. The summed E-state index contributed by atoms with van der Waals surface area (Å²) in [5.74, 6) is 0.753. The zero-order chi connectivity index (χ0) is 18.6. The van der Waals surface area contributed by atoms with Crippen molar-refractivity contribution >= 4 is 5.91 Å². The molecule has 0 radical (unpaired) electrons. The molecule has 134 valence electrons. The highest BCUT2D eigenvalue weighted by Gasteiger charge is 2.16. The first-order valence-electron chi connectivity index (χ1n) is 8.87. The second kappa shape index (κ2) is 7.73. The van der Waals surface area contributed by atoms with E-state index in [0.29, 0.717) is 12.2 Å². The number of amides is 1. The van der Waals surface area contributed by atoms with Gasteiger partial charge in [0, 0.05) is 5.56 Å². The van der Waals surface area contributed by atoms with Crippen LogP contribution in [-0.2, 0) is 5.41 Å². The number of carbonyl (C=O) groups excluding carboxylic acids is 1. The molecular weight excluding hydrogens is 310 g/mol. The molecule has 2 rings (SSSR count). The molecule has 0 spiro atoms. The molecule has 1 amide bonds. The Morgan fingerprint density at radius 2 is 1.76 bits per heavy atom. The monoisotopic (exact) mass is 339 g/mol. The van der Waals surface area contributed by atoms with Crippen molar-refractivity contribution in [3.63, 3.8) is 0 Å². The Kier molecular flexibility index (Phi) is 5.89. The fraction of sp³-hybridized carbons (Fsp3) is 0.409. The van der Waals surface area contributed by atoms with Crippen LogP contribution in [0.2, 0.25) is 0 Å². The van der Waals surface area contributed by atoms with Gasteiger partial charge in [0.1, 0.15) is 5.75 Å². The molecule has 1 unspecified atom stereocenters. The van der Waals surface area contributed by atoms with E-state index in [1.54, 1.807) is 0 Å². The van der Waals surface area contributed by atoms with Crippen molar-refractivity contribution < 1.29 is 9.53 Å². The Balaban J connectivity index is 2.08. The Morgan fingerprint density at radius 1 is 1.12 bits per heavy atom. The molecule has 3 nitrogen and oxygen atoms in total. The summed E-state index contributed by atoms with van der Waals surface area (Å²) in [5.41, 5.74) is 4.14. The highest BCUT2D eigenvalue weighted by Crippen LogP contribution is 2.24.